The predicted octanol–water partition coefficient (Wildman–Crippen LogP) is 2.78. The van der Waals surface area contributed by atoms with Gasteiger partial charge in [0.25, 0.3) is 0 Å². The summed E-state index contributed by atoms with van der Waals surface area (Å²) in [4.78, 5) is 0. The Labute approximate surface area is 109 Å². The lowest BCUT2D eigenvalue weighted by atomic mass is 10.0. The Morgan fingerprint density at radius 2 is 1.94 bits per heavy atom. The number of rotatable bonds is 6. The Balaban J connectivity index is 1.93. The number of nitrogens with one attached hydrogen (secondary N) is 1. The molecule has 1 aliphatic rings. The second kappa shape index (κ2) is 6.64. The summed E-state index contributed by atoms with van der Waals surface area (Å²) < 4.78 is 11.1. The number of ether oxygens (including phenoxy) is 2. The van der Waals surface area contributed by atoms with Gasteiger partial charge in [0, 0.05) is 6.04 Å². The van der Waals surface area contributed by atoms with E-state index in [9.17, 15) is 0 Å². The molecule has 0 saturated heterocycles. The van der Waals surface area contributed by atoms with Crippen molar-refractivity contribution in [2.24, 2.45) is 0 Å². The van der Waals surface area contributed by atoms with Gasteiger partial charge in [-0.15, -0.1) is 0 Å². The summed E-state index contributed by atoms with van der Waals surface area (Å²) in [6, 6.07) is 6.90. The van der Waals surface area contributed by atoms with Gasteiger partial charge < -0.3 is 14.8 Å². The third-order valence-corrected chi connectivity index (χ3v) is 3.37. The molecule has 1 aliphatic heterocycles. The van der Waals surface area contributed by atoms with Gasteiger partial charge in [0.1, 0.15) is 13.2 Å². The maximum absolute atomic E-state index is 5.60. The summed E-state index contributed by atoms with van der Waals surface area (Å²) in [5, 5.41) is 3.51. The van der Waals surface area contributed by atoms with Crippen LogP contribution in [-0.2, 0) is 6.42 Å². The predicted molar refractivity (Wildman–Crippen MR) is 73.5 cm³/mol. The highest BCUT2D eigenvalue weighted by molar-refractivity contribution is 5.43. The Morgan fingerprint density at radius 1 is 1.17 bits per heavy atom. The van der Waals surface area contributed by atoms with Crippen molar-refractivity contribution in [2.45, 2.75) is 39.2 Å². The molecule has 0 amide bonds. The number of hydrogen-bond acceptors (Lipinski definition) is 3. The van der Waals surface area contributed by atoms with E-state index in [1.807, 2.05) is 6.07 Å². The summed E-state index contributed by atoms with van der Waals surface area (Å²) in [5.41, 5.74) is 1.33. The molecule has 18 heavy (non-hydrogen) atoms. The minimum atomic E-state index is 0.614. The van der Waals surface area contributed by atoms with Crippen molar-refractivity contribution >= 4 is 0 Å². The van der Waals surface area contributed by atoms with Crippen LogP contribution in [0.2, 0.25) is 0 Å². The molecule has 0 fully saturated rings. The monoisotopic (exact) mass is 249 g/mol. The van der Waals surface area contributed by atoms with Crippen molar-refractivity contribution in [2.75, 3.05) is 19.8 Å². The van der Waals surface area contributed by atoms with E-state index in [2.05, 4.69) is 31.3 Å². The zero-order chi connectivity index (χ0) is 12.8. The van der Waals surface area contributed by atoms with Gasteiger partial charge in [-0.2, -0.15) is 0 Å². The van der Waals surface area contributed by atoms with Crippen LogP contribution in [0.5, 0.6) is 11.5 Å². The van der Waals surface area contributed by atoms with Crippen molar-refractivity contribution in [3.05, 3.63) is 23.8 Å². The van der Waals surface area contributed by atoms with E-state index in [1.54, 1.807) is 0 Å². The number of aryl methyl sites for hydroxylation is 1. The molecule has 3 nitrogen and oxygen atoms in total. The summed E-state index contributed by atoms with van der Waals surface area (Å²) in [7, 11) is 0. The van der Waals surface area contributed by atoms with Gasteiger partial charge in [-0.3, -0.25) is 0 Å². The largest absolute Gasteiger partial charge is 0.486 e. The quantitative estimate of drug-likeness (QED) is 0.841. The van der Waals surface area contributed by atoms with E-state index in [4.69, 9.17) is 9.47 Å². The fraction of sp³-hybridized carbons (Fsp3) is 0.600. The van der Waals surface area contributed by atoms with E-state index < -0.39 is 0 Å². The highest BCUT2D eigenvalue weighted by atomic mass is 16.6. The summed E-state index contributed by atoms with van der Waals surface area (Å²) in [6.07, 6.45) is 3.44. The molecule has 0 bridgehead atoms. The van der Waals surface area contributed by atoms with Gasteiger partial charge in [0.2, 0.25) is 0 Å². The van der Waals surface area contributed by atoms with Crippen molar-refractivity contribution in [1.82, 2.24) is 5.32 Å². The van der Waals surface area contributed by atoms with Crippen LogP contribution in [0.1, 0.15) is 32.3 Å². The van der Waals surface area contributed by atoms with Crippen molar-refractivity contribution < 1.29 is 9.47 Å². The van der Waals surface area contributed by atoms with Crippen LogP contribution in [0, 0.1) is 0 Å². The molecule has 1 unspecified atom stereocenters. The van der Waals surface area contributed by atoms with E-state index in [0.717, 1.165) is 24.5 Å². The topological polar surface area (TPSA) is 30.5 Å². The number of benzene rings is 1. The van der Waals surface area contributed by atoms with Crippen LogP contribution in [0.3, 0.4) is 0 Å². The first-order valence-electron chi connectivity index (χ1n) is 6.95. The third kappa shape index (κ3) is 3.39. The molecular formula is C15H23NO2. The molecule has 0 aromatic heterocycles. The molecule has 1 atom stereocenters. The van der Waals surface area contributed by atoms with Crippen molar-refractivity contribution in [3.63, 3.8) is 0 Å². The summed E-state index contributed by atoms with van der Waals surface area (Å²) >= 11 is 0. The maximum Gasteiger partial charge on any atom is 0.161 e. The first-order valence-corrected chi connectivity index (χ1v) is 6.95. The zero-order valence-electron chi connectivity index (χ0n) is 11.4. The average molecular weight is 249 g/mol. The first-order chi connectivity index (χ1) is 8.83. The molecule has 1 aromatic rings. The van der Waals surface area contributed by atoms with Gasteiger partial charge in [-0.25, -0.2) is 0 Å². The fourth-order valence-corrected chi connectivity index (χ4v) is 2.32. The molecule has 1 aromatic carbocycles. The molecule has 100 valence electrons. The molecule has 1 heterocycles. The minimum Gasteiger partial charge on any atom is -0.486 e. The Kier molecular flexibility index (Phi) is 4.88. The highest BCUT2D eigenvalue weighted by Crippen LogP contribution is 2.31. The third-order valence-electron chi connectivity index (χ3n) is 3.37. The van der Waals surface area contributed by atoms with E-state index in [0.29, 0.717) is 19.3 Å². The second-order valence-corrected chi connectivity index (χ2v) is 4.68. The lowest BCUT2D eigenvalue weighted by molar-refractivity contribution is 0.171. The SMILES string of the molecule is CCNC(CC)CCc1ccc2c(c1)OCCO2. The van der Waals surface area contributed by atoms with Crippen LogP contribution in [-0.4, -0.2) is 25.8 Å². The van der Waals surface area contributed by atoms with Gasteiger partial charge in [-0.1, -0.05) is 19.9 Å². The Bertz CT molecular complexity index is 379. The first kappa shape index (κ1) is 13.2. The van der Waals surface area contributed by atoms with Crippen LogP contribution < -0.4 is 14.8 Å². The van der Waals surface area contributed by atoms with Crippen LogP contribution in [0.15, 0.2) is 18.2 Å². The lowest BCUT2D eigenvalue weighted by Crippen LogP contribution is -2.28. The maximum atomic E-state index is 5.60. The van der Waals surface area contributed by atoms with E-state index in [1.165, 1.54) is 18.4 Å². The molecule has 0 aliphatic carbocycles. The van der Waals surface area contributed by atoms with Gasteiger partial charge in [0.05, 0.1) is 0 Å². The molecular weight excluding hydrogens is 226 g/mol. The molecule has 1 N–H and O–H groups in total. The fourth-order valence-electron chi connectivity index (χ4n) is 2.32. The molecule has 0 radical (unpaired) electrons. The smallest absolute Gasteiger partial charge is 0.161 e. The van der Waals surface area contributed by atoms with Crippen LogP contribution >= 0.6 is 0 Å². The summed E-state index contributed by atoms with van der Waals surface area (Å²) in [6.45, 7) is 6.75. The normalized spacial score (nSPS) is 15.4. The second-order valence-electron chi connectivity index (χ2n) is 4.68. The van der Waals surface area contributed by atoms with Crippen molar-refractivity contribution in [3.8, 4) is 11.5 Å². The standard InChI is InChI=1S/C15H23NO2/c1-3-13(16-4-2)7-5-12-6-8-14-15(11-12)18-10-9-17-14/h6,8,11,13,16H,3-5,7,9-10H2,1-2H3. The average Bonchev–Trinajstić information content (AvgIpc) is 2.43. The molecule has 2 rings (SSSR count). The van der Waals surface area contributed by atoms with Crippen LogP contribution in [0.4, 0.5) is 0 Å². The van der Waals surface area contributed by atoms with E-state index in [-0.39, 0.29) is 0 Å². The highest BCUT2D eigenvalue weighted by Gasteiger charge is 2.12. The van der Waals surface area contributed by atoms with Gasteiger partial charge in [-0.05, 0) is 43.5 Å². The summed E-state index contributed by atoms with van der Waals surface area (Å²) in [5.74, 6) is 1.78. The van der Waals surface area contributed by atoms with Gasteiger partial charge >= 0.3 is 0 Å². The molecule has 3 heteroatoms. The molecule has 0 spiro atoms. The Morgan fingerprint density at radius 3 is 2.67 bits per heavy atom. The zero-order valence-corrected chi connectivity index (χ0v) is 11.4. The number of fused-ring (bicyclic) bond motifs is 1. The molecule has 0 saturated carbocycles. The van der Waals surface area contributed by atoms with Crippen molar-refractivity contribution in [1.29, 1.82) is 0 Å². The lowest BCUT2D eigenvalue weighted by Gasteiger charge is -2.20. The number of hydrogen-bond donors (Lipinski definition) is 1. The van der Waals surface area contributed by atoms with Gasteiger partial charge in [0.15, 0.2) is 11.5 Å². The van der Waals surface area contributed by atoms with Crippen LogP contribution in [0.25, 0.3) is 0 Å². The van der Waals surface area contributed by atoms with E-state index >= 15 is 0 Å². The minimum absolute atomic E-state index is 0.614. The Hall–Kier alpha value is -1.22.